The molecule has 2 N–H and O–H groups in total. The van der Waals surface area contributed by atoms with Crippen molar-refractivity contribution in [1.29, 1.82) is 5.26 Å². The topological polar surface area (TPSA) is 116 Å². The maximum Gasteiger partial charge on any atom is 0.254 e. The predicted octanol–water partition coefficient (Wildman–Crippen LogP) is 2.74. The summed E-state index contributed by atoms with van der Waals surface area (Å²) in [5.41, 5.74) is 3.19. The summed E-state index contributed by atoms with van der Waals surface area (Å²) in [5.74, 6) is 1.05. The van der Waals surface area contributed by atoms with E-state index in [-0.39, 0.29) is 5.91 Å². The van der Waals surface area contributed by atoms with Crippen LogP contribution in [0.2, 0.25) is 0 Å². The number of morpholine rings is 1. The van der Waals surface area contributed by atoms with Gasteiger partial charge in [0.25, 0.3) is 5.91 Å². The standard InChI is InChI=1S/C24H28N6O4/c1-29(6-9-32-2)19-13-21(28-23-22(19)17(14-25)15-26-23)27-18-5-4-16(12-20(18)33-3)24(31)30-7-10-34-11-8-30/h4-5,12-13,15H,6-11H2,1-3H3,(H2,26,27,28). The maximum atomic E-state index is 12.9. The molecule has 1 fully saturated rings. The van der Waals surface area contributed by atoms with Crippen molar-refractivity contribution < 1.29 is 19.0 Å². The molecule has 1 amide bonds. The number of hydrogen-bond acceptors (Lipinski definition) is 8. The normalized spacial score (nSPS) is 13.5. The number of carbonyl (C=O) groups is 1. The van der Waals surface area contributed by atoms with Gasteiger partial charge in [0.2, 0.25) is 0 Å². The fourth-order valence-corrected chi connectivity index (χ4v) is 3.93. The van der Waals surface area contributed by atoms with Crippen LogP contribution in [0.25, 0.3) is 11.0 Å². The molecule has 10 heteroatoms. The van der Waals surface area contributed by atoms with Crippen LogP contribution in [-0.4, -0.2) is 81.5 Å². The highest BCUT2D eigenvalue weighted by Gasteiger charge is 2.20. The third kappa shape index (κ3) is 4.76. The molecule has 3 aromatic rings. The van der Waals surface area contributed by atoms with E-state index in [1.165, 1.54) is 0 Å². The molecule has 4 rings (SSSR count). The summed E-state index contributed by atoms with van der Waals surface area (Å²) in [5, 5.41) is 13.6. The van der Waals surface area contributed by atoms with E-state index in [2.05, 4.69) is 21.4 Å². The van der Waals surface area contributed by atoms with E-state index in [0.29, 0.717) is 73.5 Å². The number of nitrogens with zero attached hydrogens (tertiary/aromatic N) is 4. The number of amides is 1. The number of likely N-dealkylation sites (N-methyl/N-ethyl adjacent to an activating group) is 1. The average Bonchev–Trinajstić information content (AvgIpc) is 3.30. The maximum absolute atomic E-state index is 12.9. The number of hydrogen-bond donors (Lipinski definition) is 2. The van der Waals surface area contributed by atoms with Gasteiger partial charge < -0.3 is 34.3 Å². The number of rotatable bonds is 8. The number of ether oxygens (including phenoxy) is 3. The van der Waals surface area contributed by atoms with Gasteiger partial charge in [0.15, 0.2) is 0 Å². The largest absolute Gasteiger partial charge is 0.495 e. The number of methoxy groups -OCH3 is 2. The Labute approximate surface area is 198 Å². The van der Waals surface area contributed by atoms with Gasteiger partial charge in [-0.25, -0.2) is 4.98 Å². The lowest BCUT2D eigenvalue weighted by atomic mass is 10.1. The van der Waals surface area contributed by atoms with Crippen molar-refractivity contribution in [2.24, 2.45) is 0 Å². The minimum Gasteiger partial charge on any atom is -0.495 e. The molecule has 1 aromatic carbocycles. The molecular formula is C24H28N6O4. The van der Waals surface area contributed by atoms with Crippen LogP contribution in [0.5, 0.6) is 5.75 Å². The highest BCUT2D eigenvalue weighted by molar-refractivity contribution is 5.97. The molecule has 0 saturated carbocycles. The Morgan fingerprint density at radius 1 is 1.32 bits per heavy atom. The van der Waals surface area contributed by atoms with Gasteiger partial charge in [-0.3, -0.25) is 4.79 Å². The lowest BCUT2D eigenvalue weighted by molar-refractivity contribution is 0.0302. The molecular weight excluding hydrogens is 436 g/mol. The van der Waals surface area contributed by atoms with Gasteiger partial charge in [-0.05, 0) is 18.2 Å². The molecule has 2 aromatic heterocycles. The van der Waals surface area contributed by atoms with Crippen LogP contribution >= 0.6 is 0 Å². The summed E-state index contributed by atoms with van der Waals surface area (Å²) >= 11 is 0. The highest BCUT2D eigenvalue weighted by atomic mass is 16.5. The fraction of sp³-hybridized carbons (Fsp3) is 0.375. The molecule has 0 atom stereocenters. The van der Waals surface area contributed by atoms with Crippen LogP contribution < -0.4 is 15.0 Å². The summed E-state index contributed by atoms with van der Waals surface area (Å²) in [6.07, 6.45) is 1.65. The zero-order valence-electron chi connectivity index (χ0n) is 19.6. The molecule has 3 heterocycles. The second kappa shape index (κ2) is 10.4. The van der Waals surface area contributed by atoms with Gasteiger partial charge in [0.1, 0.15) is 23.3 Å². The Balaban J connectivity index is 1.65. The smallest absolute Gasteiger partial charge is 0.254 e. The van der Waals surface area contributed by atoms with Crippen LogP contribution in [-0.2, 0) is 9.47 Å². The number of fused-ring (bicyclic) bond motifs is 1. The molecule has 34 heavy (non-hydrogen) atoms. The summed E-state index contributed by atoms with van der Waals surface area (Å²) < 4.78 is 16.1. The van der Waals surface area contributed by atoms with E-state index in [4.69, 9.17) is 14.2 Å². The van der Waals surface area contributed by atoms with E-state index in [0.717, 1.165) is 11.1 Å². The molecule has 0 unspecified atom stereocenters. The predicted molar refractivity (Wildman–Crippen MR) is 129 cm³/mol. The number of nitriles is 1. The molecule has 0 aliphatic carbocycles. The first kappa shape index (κ1) is 23.4. The second-order valence-corrected chi connectivity index (χ2v) is 7.92. The first-order valence-corrected chi connectivity index (χ1v) is 11.0. The number of aromatic amines is 1. The number of nitrogens with one attached hydrogen (secondary N) is 2. The first-order valence-electron chi connectivity index (χ1n) is 11.0. The van der Waals surface area contributed by atoms with E-state index < -0.39 is 0 Å². The Hall–Kier alpha value is -3.81. The highest BCUT2D eigenvalue weighted by Crippen LogP contribution is 2.34. The van der Waals surface area contributed by atoms with Gasteiger partial charge in [-0.1, -0.05) is 0 Å². The number of carbonyl (C=O) groups excluding carboxylic acids is 1. The molecule has 1 aliphatic heterocycles. The van der Waals surface area contributed by atoms with Crippen LogP contribution in [0.3, 0.4) is 0 Å². The zero-order chi connectivity index (χ0) is 24.1. The number of pyridine rings is 1. The summed E-state index contributed by atoms with van der Waals surface area (Å²) in [6.45, 7) is 3.43. The monoisotopic (exact) mass is 464 g/mol. The van der Waals surface area contributed by atoms with E-state index in [1.54, 1.807) is 37.4 Å². The van der Waals surface area contributed by atoms with Gasteiger partial charge in [0.05, 0.1) is 49.3 Å². The van der Waals surface area contributed by atoms with Gasteiger partial charge in [-0.15, -0.1) is 0 Å². The van der Waals surface area contributed by atoms with Gasteiger partial charge in [0, 0.05) is 51.6 Å². The zero-order valence-corrected chi connectivity index (χ0v) is 19.6. The SMILES string of the molecule is COCCN(C)c1cc(Nc2ccc(C(=O)N3CCOCC3)cc2OC)nc2[nH]cc(C#N)c12. The third-order valence-corrected chi connectivity index (χ3v) is 5.79. The molecule has 1 saturated heterocycles. The Kier molecular flexibility index (Phi) is 7.15. The minimum absolute atomic E-state index is 0.0508. The van der Waals surface area contributed by atoms with E-state index >= 15 is 0 Å². The van der Waals surface area contributed by atoms with Crippen molar-refractivity contribution >= 4 is 34.1 Å². The van der Waals surface area contributed by atoms with Crippen molar-refractivity contribution in [3.8, 4) is 11.8 Å². The van der Waals surface area contributed by atoms with Crippen LogP contribution in [0.1, 0.15) is 15.9 Å². The Morgan fingerprint density at radius 2 is 2.12 bits per heavy atom. The van der Waals surface area contributed by atoms with Crippen molar-refractivity contribution in [2.75, 3.05) is 70.9 Å². The first-order chi connectivity index (χ1) is 16.5. The van der Waals surface area contributed by atoms with Gasteiger partial charge in [-0.2, -0.15) is 5.26 Å². The van der Waals surface area contributed by atoms with Crippen molar-refractivity contribution in [2.45, 2.75) is 0 Å². The van der Waals surface area contributed by atoms with E-state index in [1.807, 2.05) is 24.1 Å². The lowest BCUT2D eigenvalue weighted by Gasteiger charge is -2.27. The molecule has 0 spiro atoms. The Bertz CT molecular complexity index is 1210. The van der Waals surface area contributed by atoms with Crippen LogP contribution in [0.4, 0.5) is 17.2 Å². The molecule has 1 aliphatic rings. The second-order valence-electron chi connectivity index (χ2n) is 7.92. The molecule has 178 valence electrons. The third-order valence-electron chi connectivity index (χ3n) is 5.79. The van der Waals surface area contributed by atoms with Gasteiger partial charge >= 0.3 is 0 Å². The molecule has 0 radical (unpaired) electrons. The average molecular weight is 465 g/mol. The number of H-pyrrole nitrogens is 1. The summed E-state index contributed by atoms with van der Waals surface area (Å²) in [6, 6.07) is 9.42. The lowest BCUT2D eigenvalue weighted by Crippen LogP contribution is -2.40. The summed E-state index contributed by atoms with van der Waals surface area (Å²) in [7, 11) is 5.16. The molecule has 10 nitrogen and oxygen atoms in total. The van der Waals surface area contributed by atoms with E-state index in [9.17, 15) is 10.1 Å². The minimum atomic E-state index is -0.0508. The van der Waals surface area contributed by atoms with Crippen molar-refractivity contribution in [3.63, 3.8) is 0 Å². The fourth-order valence-electron chi connectivity index (χ4n) is 3.93. The number of anilines is 3. The van der Waals surface area contributed by atoms with Crippen molar-refractivity contribution in [1.82, 2.24) is 14.9 Å². The Morgan fingerprint density at radius 3 is 2.82 bits per heavy atom. The van der Waals surface area contributed by atoms with Crippen LogP contribution in [0.15, 0.2) is 30.5 Å². The summed E-state index contributed by atoms with van der Waals surface area (Å²) in [4.78, 5) is 24.4. The van der Waals surface area contributed by atoms with Crippen LogP contribution in [0, 0.1) is 11.3 Å². The number of benzene rings is 1. The quantitative estimate of drug-likeness (QED) is 0.523. The number of aromatic nitrogens is 2. The molecule has 0 bridgehead atoms. The van der Waals surface area contributed by atoms with Crippen molar-refractivity contribution in [3.05, 3.63) is 41.6 Å².